The molecule has 2 aliphatic heterocycles. The van der Waals surface area contributed by atoms with Crippen molar-refractivity contribution in [2.45, 2.75) is 19.9 Å². The molecular weight excluding hydrogens is 368 g/mol. The lowest BCUT2D eigenvalue weighted by atomic mass is 10.1. The lowest BCUT2D eigenvalue weighted by Gasteiger charge is -2.31. The number of hydrogen-bond acceptors (Lipinski definition) is 5. The molecule has 0 aliphatic carbocycles. The van der Waals surface area contributed by atoms with Crippen molar-refractivity contribution in [3.05, 3.63) is 35.1 Å². The number of carbonyl (C=O) groups excluding carboxylic acids is 2. The van der Waals surface area contributed by atoms with Crippen molar-refractivity contribution < 1.29 is 14.0 Å². The highest BCUT2D eigenvalue weighted by atomic mass is 32.2. The largest absolute Gasteiger partial charge is 0.450 e. The van der Waals surface area contributed by atoms with Gasteiger partial charge in [-0.25, -0.2) is 0 Å². The summed E-state index contributed by atoms with van der Waals surface area (Å²) in [5.74, 6) is 3.41. The van der Waals surface area contributed by atoms with Gasteiger partial charge in [-0.3, -0.25) is 9.59 Å². The fraction of sp³-hybridized carbons (Fsp3) is 0.474. The predicted octanol–water partition coefficient (Wildman–Crippen LogP) is 3.14. The van der Waals surface area contributed by atoms with Crippen LogP contribution in [0.1, 0.15) is 21.7 Å². The molecule has 7 heteroatoms. The Morgan fingerprint density at radius 2 is 1.92 bits per heavy atom. The van der Waals surface area contributed by atoms with E-state index in [1.165, 1.54) is 0 Å². The standard InChI is InChI=1S/C19H22N2O3S2/c1-12-4-3-5-14-13(2)17(24-16(12)14)19(23)21-11-26-10-15(21)18(22)20-6-8-25-9-7-20/h3-5,15H,6-11H2,1-2H3. The van der Waals surface area contributed by atoms with Gasteiger partial charge in [-0.15, -0.1) is 11.8 Å². The van der Waals surface area contributed by atoms with Crippen molar-refractivity contribution in [3.8, 4) is 0 Å². The zero-order valence-electron chi connectivity index (χ0n) is 15.0. The fourth-order valence-electron chi connectivity index (χ4n) is 3.56. The number of para-hydroxylation sites is 1. The van der Waals surface area contributed by atoms with Gasteiger partial charge in [-0.05, 0) is 19.4 Å². The van der Waals surface area contributed by atoms with E-state index in [1.54, 1.807) is 16.7 Å². The molecule has 2 saturated heterocycles. The van der Waals surface area contributed by atoms with Gasteiger partial charge >= 0.3 is 0 Å². The van der Waals surface area contributed by atoms with Crippen LogP contribution in [0.5, 0.6) is 0 Å². The van der Waals surface area contributed by atoms with E-state index in [2.05, 4.69) is 0 Å². The van der Waals surface area contributed by atoms with Crippen molar-refractivity contribution >= 4 is 46.3 Å². The van der Waals surface area contributed by atoms with E-state index in [0.29, 0.717) is 17.4 Å². The van der Waals surface area contributed by atoms with Crippen LogP contribution in [0.2, 0.25) is 0 Å². The second-order valence-electron chi connectivity index (χ2n) is 6.74. The Morgan fingerprint density at radius 1 is 1.15 bits per heavy atom. The minimum absolute atomic E-state index is 0.0774. The second-order valence-corrected chi connectivity index (χ2v) is 8.96. The van der Waals surface area contributed by atoms with Crippen molar-refractivity contribution in [3.63, 3.8) is 0 Å². The van der Waals surface area contributed by atoms with Crippen LogP contribution >= 0.6 is 23.5 Å². The Kier molecular flexibility index (Phi) is 4.92. The maximum absolute atomic E-state index is 13.2. The van der Waals surface area contributed by atoms with E-state index < -0.39 is 0 Å². The van der Waals surface area contributed by atoms with E-state index in [9.17, 15) is 9.59 Å². The van der Waals surface area contributed by atoms with Crippen LogP contribution in [0, 0.1) is 13.8 Å². The Bertz CT molecular complexity index is 858. The zero-order chi connectivity index (χ0) is 18.3. The normalized spacial score (nSPS) is 20.8. The van der Waals surface area contributed by atoms with Gasteiger partial charge in [0.25, 0.3) is 5.91 Å². The number of furan rings is 1. The monoisotopic (exact) mass is 390 g/mol. The summed E-state index contributed by atoms with van der Waals surface area (Å²) in [6.07, 6.45) is 0. The third-order valence-electron chi connectivity index (χ3n) is 5.11. The summed E-state index contributed by atoms with van der Waals surface area (Å²) < 4.78 is 5.95. The zero-order valence-corrected chi connectivity index (χ0v) is 16.6. The number of nitrogens with zero attached hydrogens (tertiary/aromatic N) is 2. The summed E-state index contributed by atoms with van der Waals surface area (Å²) in [5, 5.41) is 0.969. The molecule has 1 atom stereocenters. The summed E-state index contributed by atoms with van der Waals surface area (Å²) >= 11 is 3.51. The first-order valence-corrected chi connectivity index (χ1v) is 11.1. The van der Waals surface area contributed by atoms with E-state index in [1.807, 2.05) is 48.7 Å². The molecule has 138 valence electrons. The first kappa shape index (κ1) is 17.8. The maximum Gasteiger partial charge on any atom is 0.291 e. The summed E-state index contributed by atoms with van der Waals surface area (Å²) in [5.41, 5.74) is 2.63. The molecule has 4 rings (SSSR count). The molecule has 2 amide bonds. The fourth-order valence-corrected chi connectivity index (χ4v) is 5.61. The van der Waals surface area contributed by atoms with E-state index in [-0.39, 0.29) is 17.9 Å². The average Bonchev–Trinajstić information content (AvgIpc) is 3.28. The Balaban J connectivity index is 1.62. The number of thioether (sulfide) groups is 2. The minimum Gasteiger partial charge on any atom is -0.450 e. The average molecular weight is 391 g/mol. The molecule has 0 spiro atoms. The lowest BCUT2D eigenvalue weighted by Crippen LogP contribution is -2.51. The maximum atomic E-state index is 13.2. The summed E-state index contributed by atoms with van der Waals surface area (Å²) in [7, 11) is 0. The van der Waals surface area contributed by atoms with Gasteiger partial charge in [0, 0.05) is 41.3 Å². The number of fused-ring (bicyclic) bond motifs is 1. The molecule has 3 heterocycles. The third kappa shape index (κ3) is 3.01. The molecule has 5 nitrogen and oxygen atoms in total. The SMILES string of the molecule is Cc1c(C(=O)N2CSCC2C(=O)N2CCSCC2)oc2c(C)cccc12. The quantitative estimate of drug-likeness (QED) is 0.789. The summed E-state index contributed by atoms with van der Waals surface area (Å²) in [4.78, 5) is 29.7. The molecule has 2 fully saturated rings. The number of rotatable bonds is 2. The van der Waals surface area contributed by atoms with Gasteiger partial charge in [-0.1, -0.05) is 18.2 Å². The van der Waals surface area contributed by atoms with Crippen molar-refractivity contribution in [1.82, 2.24) is 9.80 Å². The Morgan fingerprint density at radius 3 is 2.65 bits per heavy atom. The van der Waals surface area contributed by atoms with Crippen molar-refractivity contribution in [1.29, 1.82) is 0 Å². The molecule has 2 aliphatic rings. The molecule has 1 aromatic carbocycles. The van der Waals surface area contributed by atoms with Crippen LogP contribution in [0.15, 0.2) is 22.6 Å². The number of aryl methyl sites for hydroxylation is 2. The molecule has 0 radical (unpaired) electrons. The van der Waals surface area contributed by atoms with E-state index in [4.69, 9.17) is 4.42 Å². The van der Waals surface area contributed by atoms with Crippen LogP contribution in [0.3, 0.4) is 0 Å². The topological polar surface area (TPSA) is 53.8 Å². The molecule has 1 aromatic heterocycles. The Labute approximate surface area is 161 Å². The van der Waals surface area contributed by atoms with E-state index in [0.717, 1.165) is 46.7 Å². The number of carbonyl (C=O) groups is 2. The Hall–Kier alpha value is -1.60. The molecule has 26 heavy (non-hydrogen) atoms. The van der Waals surface area contributed by atoms with Gasteiger partial charge in [0.15, 0.2) is 5.76 Å². The first-order valence-electron chi connectivity index (χ1n) is 8.82. The second kappa shape index (κ2) is 7.19. The summed E-state index contributed by atoms with van der Waals surface area (Å²) in [6.45, 7) is 5.44. The first-order chi connectivity index (χ1) is 12.6. The van der Waals surface area contributed by atoms with Crippen molar-refractivity contribution in [2.24, 2.45) is 0 Å². The summed E-state index contributed by atoms with van der Waals surface area (Å²) in [6, 6.07) is 5.54. The van der Waals surface area contributed by atoms with E-state index >= 15 is 0 Å². The van der Waals surface area contributed by atoms with Crippen LogP contribution in [-0.2, 0) is 4.79 Å². The van der Waals surface area contributed by atoms with Crippen LogP contribution in [0.25, 0.3) is 11.0 Å². The highest BCUT2D eigenvalue weighted by Crippen LogP contribution is 2.31. The van der Waals surface area contributed by atoms with Crippen LogP contribution in [0.4, 0.5) is 0 Å². The van der Waals surface area contributed by atoms with Crippen molar-refractivity contribution in [2.75, 3.05) is 36.2 Å². The van der Waals surface area contributed by atoms with Gasteiger partial charge in [0.1, 0.15) is 11.6 Å². The molecule has 0 bridgehead atoms. The predicted molar refractivity (Wildman–Crippen MR) is 107 cm³/mol. The smallest absolute Gasteiger partial charge is 0.291 e. The minimum atomic E-state index is -0.385. The number of benzene rings is 1. The van der Waals surface area contributed by atoms with Crippen LogP contribution < -0.4 is 0 Å². The van der Waals surface area contributed by atoms with Gasteiger partial charge < -0.3 is 14.2 Å². The van der Waals surface area contributed by atoms with Gasteiger partial charge in [-0.2, -0.15) is 11.8 Å². The number of amides is 2. The molecular formula is C19H22N2O3S2. The molecule has 0 saturated carbocycles. The highest BCUT2D eigenvalue weighted by Gasteiger charge is 2.39. The van der Waals surface area contributed by atoms with Gasteiger partial charge in [0.2, 0.25) is 5.91 Å². The number of hydrogen-bond donors (Lipinski definition) is 0. The lowest BCUT2D eigenvalue weighted by molar-refractivity contribution is -0.134. The third-order valence-corrected chi connectivity index (χ3v) is 7.06. The highest BCUT2D eigenvalue weighted by molar-refractivity contribution is 7.99. The molecule has 2 aromatic rings. The molecule has 0 N–H and O–H groups in total. The van der Waals surface area contributed by atoms with Crippen LogP contribution in [-0.4, -0.2) is 63.9 Å². The molecule has 1 unspecified atom stereocenters. The van der Waals surface area contributed by atoms with Gasteiger partial charge in [0.05, 0.1) is 5.88 Å².